The molecule has 1 aliphatic rings. The monoisotopic (exact) mass is 346 g/mol. The lowest BCUT2D eigenvalue weighted by Crippen LogP contribution is -2.26. The number of alkyl halides is 1. The Bertz CT molecular complexity index is 585. The molecule has 0 unspecified atom stereocenters. The first kappa shape index (κ1) is 11.7. The number of fused-ring (bicyclic) bond motifs is 3. The van der Waals surface area contributed by atoms with Crippen LogP contribution in [0.4, 0.5) is 0 Å². The van der Waals surface area contributed by atoms with Crippen molar-refractivity contribution in [2.24, 2.45) is 0 Å². The Hall–Kier alpha value is -1.38. The van der Waals surface area contributed by atoms with E-state index in [0.717, 1.165) is 0 Å². The lowest BCUT2D eigenvalue weighted by molar-refractivity contribution is 0.657. The zero-order valence-corrected chi connectivity index (χ0v) is 11.8. The molecule has 2 nitrogen and oxygen atoms in total. The number of hydrogen-bond acceptors (Lipinski definition) is 2. The summed E-state index contributed by atoms with van der Waals surface area (Å²) in [4.78, 5) is 0. The third-order valence-corrected chi connectivity index (χ3v) is 3.90. The summed E-state index contributed by atoms with van der Waals surface area (Å²) < 4.78 is -0.188. The van der Waals surface area contributed by atoms with E-state index in [1.54, 1.807) is 0 Å². The van der Waals surface area contributed by atoms with Crippen molar-refractivity contribution in [3.05, 3.63) is 59.7 Å². The summed E-state index contributed by atoms with van der Waals surface area (Å²) in [5.41, 5.74) is 5.06. The lowest BCUT2D eigenvalue weighted by Gasteiger charge is -2.16. The number of nitrogens with one attached hydrogen (secondary N) is 1. The van der Waals surface area contributed by atoms with Crippen LogP contribution in [-0.2, 0) is 0 Å². The third kappa shape index (κ3) is 1.82. The predicted molar refractivity (Wildman–Crippen MR) is 80.3 cm³/mol. The van der Waals surface area contributed by atoms with Gasteiger partial charge >= 0.3 is 0 Å². The van der Waals surface area contributed by atoms with Gasteiger partial charge in [0.2, 0.25) is 0 Å². The van der Waals surface area contributed by atoms with Gasteiger partial charge < -0.3 is 0 Å². The van der Waals surface area contributed by atoms with E-state index in [9.17, 15) is 0 Å². The number of halogens is 1. The van der Waals surface area contributed by atoms with Gasteiger partial charge in [-0.2, -0.15) is 5.26 Å². The molecule has 1 aliphatic carbocycles. The van der Waals surface area contributed by atoms with Crippen LogP contribution in [0.3, 0.4) is 0 Å². The predicted octanol–water partition coefficient (Wildman–Crippen LogP) is 3.63. The van der Waals surface area contributed by atoms with Crippen molar-refractivity contribution in [2.45, 2.75) is 10.1 Å². The second kappa shape index (κ2) is 4.71. The Morgan fingerprint density at radius 2 is 1.50 bits per heavy atom. The molecule has 0 amide bonds. The summed E-state index contributed by atoms with van der Waals surface area (Å²) in [5, 5.41) is 12.3. The van der Waals surface area contributed by atoms with Crippen molar-refractivity contribution in [1.82, 2.24) is 5.32 Å². The van der Waals surface area contributed by atoms with Crippen LogP contribution in [0.2, 0.25) is 0 Å². The zero-order chi connectivity index (χ0) is 12.5. The van der Waals surface area contributed by atoms with E-state index in [0.29, 0.717) is 0 Å². The molecule has 2 aromatic rings. The lowest BCUT2D eigenvalue weighted by atomic mass is 10.1. The molecule has 0 fully saturated rings. The summed E-state index contributed by atoms with van der Waals surface area (Å²) in [6.45, 7) is 0. The first-order valence-electron chi connectivity index (χ1n) is 5.79. The van der Waals surface area contributed by atoms with Gasteiger partial charge in [-0.3, -0.25) is 5.32 Å². The van der Waals surface area contributed by atoms with Crippen molar-refractivity contribution in [1.29, 1.82) is 5.26 Å². The molecule has 0 saturated heterocycles. The molecule has 0 bridgehead atoms. The van der Waals surface area contributed by atoms with Gasteiger partial charge in [0.05, 0.1) is 12.1 Å². The van der Waals surface area contributed by atoms with Gasteiger partial charge in [-0.1, -0.05) is 48.5 Å². The summed E-state index contributed by atoms with van der Waals surface area (Å²) in [7, 11) is 0. The van der Waals surface area contributed by atoms with Crippen molar-refractivity contribution in [2.75, 3.05) is 0 Å². The second-order valence-electron chi connectivity index (χ2n) is 4.27. The first-order chi connectivity index (χ1) is 8.81. The maximum absolute atomic E-state index is 8.97. The fraction of sp³-hybridized carbons (Fsp3) is 0.133. The number of benzene rings is 2. The van der Waals surface area contributed by atoms with E-state index >= 15 is 0 Å². The average molecular weight is 346 g/mol. The van der Waals surface area contributed by atoms with E-state index < -0.39 is 0 Å². The molecule has 0 heterocycles. The number of nitrogens with zero attached hydrogens (tertiary/aromatic N) is 1. The fourth-order valence-electron chi connectivity index (χ4n) is 2.52. The molecule has 1 N–H and O–H groups in total. The SMILES string of the molecule is N#C[C@@H](I)NC1c2ccccc2-c2ccccc21. The molecule has 0 saturated carbocycles. The van der Waals surface area contributed by atoms with E-state index in [1.807, 2.05) is 12.1 Å². The van der Waals surface area contributed by atoms with Crippen LogP contribution in [0.1, 0.15) is 17.2 Å². The molecule has 18 heavy (non-hydrogen) atoms. The van der Waals surface area contributed by atoms with Gasteiger partial charge in [0.1, 0.15) is 4.05 Å². The highest BCUT2D eigenvalue weighted by atomic mass is 127. The molecule has 0 aliphatic heterocycles. The molecule has 0 aromatic heterocycles. The topological polar surface area (TPSA) is 35.8 Å². The van der Waals surface area contributed by atoms with Gasteiger partial charge in [-0.05, 0) is 44.8 Å². The van der Waals surface area contributed by atoms with Crippen LogP contribution in [0, 0.1) is 11.3 Å². The van der Waals surface area contributed by atoms with Crippen molar-refractivity contribution in [3.8, 4) is 17.2 Å². The van der Waals surface area contributed by atoms with Crippen LogP contribution >= 0.6 is 22.6 Å². The quantitative estimate of drug-likeness (QED) is 0.512. The largest absolute Gasteiger partial charge is 0.283 e. The summed E-state index contributed by atoms with van der Waals surface area (Å²) in [5.74, 6) is 0. The fourth-order valence-corrected chi connectivity index (χ4v) is 2.88. The van der Waals surface area contributed by atoms with Gasteiger partial charge in [0.15, 0.2) is 0 Å². The molecule has 2 aromatic carbocycles. The highest BCUT2D eigenvalue weighted by Gasteiger charge is 2.28. The van der Waals surface area contributed by atoms with E-state index in [2.05, 4.69) is 70.4 Å². The number of hydrogen-bond donors (Lipinski definition) is 1. The Balaban J connectivity index is 2.12. The van der Waals surface area contributed by atoms with E-state index in [4.69, 9.17) is 5.26 Å². The van der Waals surface area contributed by atoms with Crippen LogP contribution in [-0.4, -0.2) is 4.05 Å². The molecular formula is C15H11IN2. The summed E-state index contributed by atoms with van der Waals surface area (Å²) in [6, 6.07) is 19.1. The maximum atomic E-state index is 8.97. The molecule has 1 atom stereocenters. The summed E-state index contributed by atoms with van der Waals surface area (Å²) in [6.07, 6.45) is 0. The molecule has 0 spiro atoms. The minimum atomic E-state index is -0.188. The Kier molecular flexibility index (Phi) is 3.06. The van der Waals surface area contributed by atoms with E-state index in [1.165, 1.54) is 22.3 Å². The van der Waals surface area contributed by atoms with Crippen LogP contribution < -0.4 is 5.32 Å². The summed E-state index contributed by atoms with van der Waals surface area (Å²) >= 11 is 2.12. The van der Waals surface area contributed by atoms with Gasteiger partial charge in [-0.25, -0.2) is 0 Å². The van der Waals surface area contributed by atoms with E-state index in [-0.39, 0.29) is 10.1 Å². The zero-order valence-electron chi connectivity index (χ0n) is 9.60. The molecule has 0 radical (unpaired) electrons. The molecule has 3 heteroatoms. The first-order valence-corrected chi connectivity index (χ1v) is 7.04. The third-order valence-electron chi connectivity index (χ3n) is 3.26. The van der Waals surface area contributed by atoms with Crippen LogP contribution in [0.15, 0.2) is 48.5 Å². The van der Waals surface area contributed by atoms with Crippen molar-refractivity contribution in [3.63, 3.8) is 0 Å². The number of nitriles is 1. The minimum Gasteiger partial charge on any atom is -0.283 e. The Morgan fingerprint density at radius 3 is 2.00 bits per heavy atom. The van der Waals surface area contributed by atoms with Crippen LogP contribution in [0.5, 0.6) is 0 Å². The average Bonchev–Trinajstić information content (AvgIpc) is 2.74. The highest BCUT2D eigenvalue weighted by molar-refractivity contribution is 14.1. The maximum Gasteiger partial charge on any atom is 0.148 e. The van der Waals surface area contributed by atoms with Crippen molar-refractivity contribution >= 4 is 22.6 Å². The smallest absolute Gasteiger partial charge is 0.148 e. The number of rotatable bonds is 2. The normalized spacial score (nSPS) is 14.7. The minimum absolute atomic E-state index is 0.124. The standard InChI is InChI=1S/C15H11IN2/c16-14(9-17)18-15-12-7-3-1-5-10(12)11-6-2-4-8-13(11)15/h1-8,14-15,18H/t14-/m0/s1. The molecule has 3 rings (SSSR count). The van der Waals surface area contributed by atoms with Gasteiger partial charge in [0, 0.05) is 0 Å². The Morgan fingerprint density at radius 1 is 1.00 bits per heavy atom. The van der Waals surface area contributed by atoms with Gasteiger partial charge in [0.25, 0.3) is 0 Å². The second-order valence-corrected chi connectivity index (χ2v) is 5.51. The Labute approximate surface area is 120 Å². The highest BCUT2D eigenvalue weighted by Crippen LogP contribution is 2.43. The van der Waals surface area contributed by atoms with Crippen molar-refractivity contribution < 1.29 is 0 Å². The molecular weight excluding hydrogens is 335 g/mol. The van der Waals surface area contributed by atoms with Gasteiger partial charge in [-0.15, -0.1) is 0 Å². The van der Waals surface area contributed by atoms with Crippen LogP contribution in [0.25, 0.3) is 11.1 Å². The molecule has 88 valence electrons.